The van der Waals surface area contributed by atoms with E-state index in [4.69, 9.17) is 14.0 Å². The molecule has 49 heavy (non-hydrogen) atoms. The van der Waals surface area contributed by atoms with Crippen molar-refractivity contribution in [3.05, 3.63) is 12.2 Å². The van der Waals surface area contributed by atoms with Crippen molar-refractivity contribution >= 4 is 19.8 Å². The number of esters is 2. The Kier molecular flexibility index (Phi) is 35.7. The van der Waals surface area contributed by atoms with Crippen molar-refractivity contribution in [1.82, 2.24) is 0 Å². The van der Waals surface area contributed by atoms with Crippen molar-refractivity contribution in [2.24, 2.45) is 0 Å². The Labute approximate surface area is 301 Å². The standard InChI is InChI=1S/C40H77O8P/c1-4-6-8-10-12-14-16-17-18-19-20-21-22-23-24-25-27-28-30-32-34-39(41)46-36-38(37-47-49(43,44)45-3)48-40(42)35-33-31-29-26-15-13-11-9-7-5-2/h9,11,38H,4-8,10,12-37H2,1-3H3,(H,43,44)/b11-9-. The third kappa shape index (κ3) is 36.4. The van der Waals surface area contributed by atoms with Crippen LogP contribution in [0, 0.1) is 0 Å². The molecule has 0 aliphatic rings. The summed E-state index contributed by atoms with van der Waals surface area (Å²) in [5, 5.41) is 0. The Morgan fingerprint density at radius 2 is 0.959 bits per heavy atom. The van der Waals surface area contributed by atoms with Crippen LogP contribution in [-0.2, 0) is 32.7 Å². The van der Waals surface area contributed by atoms with Crippen LogP contribution in [0.25, 0.3) is 0 Å². The molecule has 0 aliphatic carbocycles. The largest absolute Gasteiger partial charge is 0.472 e. The summed E-state index contributed by atoms with van der Waals surface area (Å²) in [6.45, 7) is 3.83. The molecule has 0 aromatic heterocycles. The lowest BCUT2D eigenvalue weighted by Gasteiger charge is -2.19. The maximum Gasteiger partial charge on any atom is 0.472 e. The molecule has 0 saturated carbocycles. The number of rotatable bonds is 38. The minimum absolute atomic E-state index is 0.223. The van der Waals surface area contributed by atoms with Gasteiger partial charge in [-0.2, -0.15) is 0 Å². The first-order chi connectivity index (χ1) is 23.8. The van der Waals surface area contributed by atoms with Gasteiger partial charge in [0.25, 0.3) is 0 Å². The van der Waals surface area contributed by atoms with Gasteiger partial charge in [-0.05, 0) is 32.1 Å². The minimum atomic E-state index is -4.25. The predicted octanol–water partition coefficient (Wildman–Crippen LogP) is 12.5. The van der Waals surface area contributed by atoms with Gasteiger partial charge in [-0.15, -0.1) is 0 Å². The lowest BCUT2D eigenvalue weighted by Crippen LogP contribution is -2.29. The Hall–Kier alpha value is -1.21. The second-order valence-electron chi connectivity index (χ2n) is 13.8. The molecule has 0 aliphatic heterocycles. The van der Waals surface area contributed by atoms with Crippen molar-refractivity contribution < 1.29 is 37.6 Å². The second-order valence-corrected chi connectivity index (χ2v) is 15.3. The lowest BCUT2D eigenvalue weighted by atomic mass is 10.0. The molecule has 1 N–H and O–H groups in total. The van der Waals surface area contributed by atoms with E-state index in [9.17, 15) is 19.0 Å². The Morgan fingerprint density at radius 1 is 0.551 bits per heavy atom. The van der Waals surface area contributed by atoms with Gasteiger partial charge < -0.3 is 14.4 Å². The van der Waals surface area contributed by atoms with Crippen LogP contribution in [0.2, 0.25) is 0 Å². The molecular formula is C40H77O8P. The quantitative estimate of drug-likeness (QED) is 0.0291. The maximum absolute atomic E-state index is 12.4. The molecule has 0 aromatic rings. The average Bonchev–Trinajstić information content (AvgIpc) is 3.09. The van der Waals surface area contributed by atoms with E-state index in [1.54, 1.807) is 0 Å². The summed E-state index contributed by atoms with van der Waals surface area (Å²) in [5.74, 6) is -0.807. The van der Waals surface area contributed by atoms with Gasteiger partial charge >= 0.3 is 19.8 Å². The smallest absolute Gasteiger partial charge is 0.462 e. The molecule has 0 radical (unpaired) electrons. The molecule has 0 bridgehead atoms. The molecule has 2 unspecified atom stereocenters. The molecule has 8 nitrogen and oxygen atoms in total. The molecule has 0 fully saturated rings. The second kappa shape index (κ2) is 36.6. The minimum Gasteiger partial charge on any atom is -0.462 e. The molecule has 0 rings (SSSR count). The first-order valence-corrected chi connectivity index (χ1v) is 21.9. The van der Waals surface area contributed by atoms with Crippen LogP contribution in [0.15, 0.2) is 12.2 Å². The third-order valence-electron chi connectivity index (χ3n) is 8.99. The van der Waals surface area contributed by atoms with Crippen LogP contribution in [0.3, 0.4) is 0 Å². The number of ether oxygens (including phenoxy) is 2. The maximum atomic E-state index is 12.4. The normalized spacial score (nSPS) is 13.5. The third-order valence-corrected chi connectivity index (χ3v) is 9.93. The molecule has 0 spiro atoms. The zero-order chi connectivity index (χ0) is 36.1. The van der Waals surface area contributed by atoms with E-state index >= 15 is 0 Å². The molecule has 0 amide bonds. The molecule has 290 valence electrons. The summed E-state index contributed by atoms with van der Waals surface area (Å²) in [7, 11) is -3.19. The zero-order valence-electron chi connectivity index (χ0n) is 32.1. The van der Waals surface area contributed by atoms with Gasteiger partial charge in [-0.1, -0.05) is 174 Å². The number of phosphoric acid groups is 1. The topological polar surface area (TPSA) is 108 Å². The van der Waals surface area contributed by atoms with E-state index in [1.165, 1.54) is 116 Å². The van der Waals surface area contributed by atoms with Crippen LogP contribution in [0.4, 0.5) is 0 Å². The number of hydrogen-bond donors (Lipinski definition) is 1. The first-order valence-electron chi connectivity index (χ1n) is 20.4. The van der Waals surface area contributed by atoms with Crippen molar-refractivity contribution in [2.45, 2.75) is 213 Å². The van der Waals surface area contributed by atoms with Crippen LogP contribution in [0.1, 0.15) is 206 Å². The Bertz CT molecular complexity index is 818. The molecule has 2 atom stereocenters. The summed E-state index contributed by atoms with van der Waals surface area (Å²) < 4.78 is 31.9. The van der Waals surface area contributed by atoms with Gasteiger partial charge in [0.1, 0.15) is 6.61 Å². The van der Waals surface area contributed by atoms with Gasteiger partial charge in [0.2, 0.25) is 0 Å². The monoisotopic (exact) mass is 717 g/mol. The number of unbranched alkanes of at least 4 members (excludes halogenated alkanes) is 25. The van der Waals surface area contributed by atoms with Gasteiger partial charge in [0.05, 0.1) is 6.61 Å². The van der Waals surface area contributed by atoms with E-state index in [-0.39, 0.29) is 19.0 Å². The number of carbonyl (C=O) groups is 2. The fourth-order valence-corrected chi connectivity index (χ4v) is 6.30. The highest BCUT2D eigenvalue weighted by Crippen LogP contribution is 2.42. The number of phosphoric ester groups is 1. The molecular weight excluding hydrogens is 639 g/mol. The molecule has 0 saturated heterocycles. The first kappa shape index (κ1) is 47.8. The number of hydrogen-bond acceptors (Lipinski definition) is 7. The zero-order valence-corrected chi connectivity index (χ0v) is 33.0. The summed E-state index contributed by atoms with van der Waals surface area (Å²) in [6, 6.07) is 0. The molecule has 0 heterocycles. The molecule has 9 heteroatoms. The van der Waals surface area contributed by atoms with Gasteiger partial charge in [-0.25, -0.2) is 4.57 Å². The SMILES string of the molecule is CCC/C=C\CCCCCCCC(=O)OC(COC(=O)CCCCCCCCCCCCCCCCCCCCCC)COP(=O)(O)OC. The van der Waals surface area contributed by atoms with Crippen LogP contribution in [-0.4, -0.2) is 43.3 Å². The summed E-state index contributed by atoms with van der Waals surface area (Å²) in [4.78, 5) is 34.3. The van der Waals surface area contributed by atoms with E-state index in [0.29, 0.717) is 12.8 Å². The van der Waals surface area contributed by atoms with Crippen molar-refractivity contribution in [1.29, 1.82) is 0 Å². The van der Waals surface area contributed by atoms with Crippen LogP contribution >= 0.6 is 7.82 Å². The van der Waals surface area contributed by atoms with E-state index in [1.807, 2.05) is 0 Å². The van der Waals surface area contributed by atoms with E-state index in [2.05, 4.69) is 30.5 Å². The molecule has 0 aromatic carbocycles. The van der Waals surface area contributed by atoms with Crippen LogP contribution < -0.4 is 0 Å². The number of carbonyl (C=O) groups excluding carboxylic acids is 2. The Balaban J connectivity index is 3.90. The highest BCUT2D eigenvalue weighted by molar-refractivity contribution is 7.47. The van der Waals surface area contributed by atoms with Crippen molar-refractivity contribution in [3.63, 3.8) is 0 Å². The number of allylic oxidation sites excluding steroid dienone is 2. The Morgan fingerprint density at radius 3 is 1.41 bits per heavy atom. The highest BCUT2D eigenvalue weighted by atomic mass is 31.2. The fraction of sp³-hybridized carbons (Fsp3) is 0.900. The van der Waals surface area contributed by atoms with Gasteiger partial charge in [0.15, 0.2) is 6.10 Å². The van der Waals surface area contributed by atoms with Crippen molar-refractivity contribution in [2.75, 3.05) is 20.3 Å². The van der Waals surface area contributed by atoms with E-state index in [0.717, 1.165) is 64.9 Å². The predicted molar refractivity (Wildman–Crippen MR) is 203 cm³/mol. The summed E-state index contributed by atoms with van der Waals surface area (Å²) in [6.07, 6.45) is 38.5. The fourth-order valence-electron chi connectivity index (χ4n) is 5.84. The van der Waals surface area contributed by atoms with Gasteiger partial charge in [0, 0.05) is 20.0 Å². The van der Waals surface area contributed by atoms with Gasteiger partial charge in [-0.3, -0.25) is 18.6 Å². The van der Waals surface area contributed by atoms with E-state index < -0.39 is 26.5 Å². The van der Waals surface area contributed by atoms with Crippen molar-refractivity contribution in [3.8, 4) is 0 Å². The highest BCUT2D eigenvalue weighted by Gasteiger charge is 2.24. The van der Waals surface area contributed by atoms with Crippen LogP contribution in [0.5, 0.6) is 0 Å². The summed E-state index contributed by atoms with van der Waals surface area (Å²) >= 11 is 0. The lowest BCUT2D eigenvalue weighted by molar-refractivity contribution is -0.161. The average molecular weight is 717 g/mol. The summed E-state index contributed by atoms with van der Waals surface area (Å²) in [5.41, 5.74) is 0.